The van der Waals surface area contributed by atoms with Gasteiger partial charge < -0.3 is 14.2 Å². The summed E-state index contributed by atoms with van der Waals surface area (Å²) in [6.07, 6.45) is 1.45. The lowest BCUT2D eigenvalue weighted by molar-refractivity contribution is -0.123. The normalized spacial score (nSPS) is 10.8. The molecular weight excluding hydrogens is 480 g/mol. The number of halogens is 1. The molecule has 0 aliphatic carbocycles. The molecule has 0 aliphatic rings. The van der Waals surface area contributed by atoms with Crippen molar-refractivity contribution in [3.63, 3.8) is 0 Å². The topological polar surface area (TPSA) is 86.2 Å². The van der Waals surface area contributed by atoms with E-state index in [-0.39, 0.29) is 6.61 Å². The highest BCUT2D eigenvalue weighted by Crippen LogP contribution is 2.27. The van der Waals surface area contributed by atoms with Crippen molar-refractivity contribution in [3.05, 3.63) is 101 Å². The molecular formula is C28H23ClN2O5. The van der Waals surface area contributed by atoms with Crippen LogP contribution in [0.4, 0.5) is 0 Å². The lowest BCUT2D eigenvalue weighted by Gasteiger charge is -2.11. The van der Waals surface area contributed by atoms with Crippen molar-refractivity contribution < 1.29 is 23.8 Å². The van der Waals surface area contributed by atoms with Gasteiger partial charge in [0.05, 0.1) is 18.4 Å². The van der Waals surface area contributed by atoms with Gasteiger partial charge >= 0.3 is 5.97 Å². The highest BCUT2D eigenvalue weighted by atomic mass is 35.5. The molecule has 0 saturated carbocycles. The second-order valence-corrected chi connectivity index (χ2v) is 8.02. The number of esters is 1. The number of nitrogens with zero attached hydrogens (tertiary/aromatic N) is 1. The molecule has 0 unspecified atom stereocenters. The van der Waals surface area contributed by atoms with Gasteiger partial charge in [-0.05, 0) is 72.3 Å². The zero-order valence-corrected chi connectivity index (χ0v) is 20.2. The average molecular weight is 503 g/mol. The molecule has 4 rings (SSSR count). The van der Waals surface area contributed by atoms with Gasteiger partial charge in [-0.25, -0.2) is 10.2 Å². The second-order valence-electron chi connectivity index (χ2n) is 7.58. The fourth-order valence-corrected chi connectivity index (χ4v) is 3.52. The van der Waals surface area contributed by atoms with Crippen molar-refractivity contribution in [1.29, 1.82) is 0 Å². The van der Waals surface area contributed by atoms with Gasteiger partial charge in [0.2, 0.25) is 0 Å². The minimum atomic E-state index is -0.525. The minimum Gasteiger partial charge on any atom is -0.494 e. The summed E-state index contributed by atoms with van der Waals surface area (Å²) < 4.78 is 16.5. The Kier molecular flexibility index (Phi) is 8.16. The van der Waals surface area contributed by atoms with Gasteiger partial charge in [-0.1, -0.05) is 41.9 Å². The van der Waals surface area contributed by atoms with Crippen LogP contribution in [0.15, 0.2) is 90.0 Å². The minimum absolute atomic E-state index is 0.228. The molecule has 0 saturated heterocycles. The molecule has 1 amide bonds. The van der Waals surface area contributed by atoms with Gasteiger partial charge in [-0.3, -0.25) is 4.79 Å². The number of hydrazone groups is 1. The fraction of sp³-hybridized carbons (Fsp3) is 0.107. The zero-order chi connectivity index (χ0) is 25.3. The highest BCUT2D eigenvalue weighted by Gasteiger charge is 2.14. The third-order valence-corrected chi connectivity index (χ3v) is 5.35. The maximum Gasteiger partial charge on any atom is 0.343 e. The number of amides is 1. The fourth-order valence-electron chi connectivity index (χ4n) is 3.39. The van der Waals surface area contributed by atoms with E-state index in [1.165, 1.54) is 6.21 Å². The SMILES string of the molecule is CCOc1ccc(C(=O)Oc2ccc3ccccc3c2C=NNC(=O)COc2ccc(Cl)cc2)cc1. The molecule has 0 aliphatic heterocycles. The van der Waals surface area contributed by atoms with E-state index in [0.717, 1.165) is 10.8 Å². The lowest BCUT2D eigenvalue weighted by Crippen LogP contribution is -2.24. The standard InChI is InChI=1S/C28H23ClN2O5/c1-2-34-22-12-7-20(8-13-22)28(33)36-26-16-9-19-5-3-4-6-24(19)25(26)17-30-31-27(32)18-35-23-14-10-21(29)11-15-23/h3-17H,2,18H2,1H3,(H,31,32). The molecule has 36 heavy (non-hydrogen) atoms. The summed E-state index contributed by atoms with van der Waals surface area (Å²) in [4.78, 5) is 25.0. The van der Waals surface area contributed by atoms with Gasteiger partial charge in [0.25, 0.3) is 5.91 Å². The summed E-state index contributed by atoms with van der Waals surface area (Å²) in [7, 11) is 0. The number of benzene rings is 4. The Morgan fingerprint density at radius 2 is 1.58 bits per heavy atom. The van der Waals surface area contributed by atoms with Crippen LogP contribution in [0.25, 0.3) is 10.8 Å². The molecule has 0 spiro atoms. The maximum atomic E-state index is 12.8. The van der Waals surface area contributed by atoms with E-state index in [9.17, 15) is 9.59 Å². The molecule has 0 fully saturated rings. The molecule has 182 valence electrons. The van der Waals surface area contributed by atoms with E-state index in [1.54, 1.807) is 54.6 Å². The summed E-state index contributed by atoms with van der Waals surface area (Å²) >= 11 is 5.85. The average Bonchev–Trinajstić information content (AvgIpc) is 2.90. The quantitative estimate of drug-likeness (QED) is 0.138. The Hall–Kier alpha value is -4.36. The molecule has 0 atom stereocenters. The van der Waals surface area contributed by atoms with E-state index < -0.39 is 11.9 Å². The van der Waals surface area contributed by atoms with Gasteiger partial charge in [-0.2, -0.15) is 5.10 Å². The Bertz CT molecular complexity index is 1390. The third-order valence-electron chi connectivity index (χ3n) is 5.10. The number of rotatable bonds is 9. The van der Waals surface area contributed by atoms with Crippen LogP contribution >= 0.6 is 11.6 Å². The Balaban J connectivity index is 1.48. The van der Waals surface area contributed by atoms with Crippen LogP contribution in [0, 0.1) is 0 Å². The first-order chi connectivity index (χ1) is 17.5. The van der Waals surface area contributed by atoms with Crippen LogP contribution in [0.5, 0.6) is 17.2 Å². The highest BCUT2D eigenvalue weighted by molar-refractivity contribution is 6.30. The number of carbonyl (C=O) groups excluding carboxylic acids is 2. The Labute approximate surface area is 213 Å². The molecule has 0 heterocycles. The lowest BCUT2D eigenvalue weighted by atomic mass is 10.0. The largest absolute Gasteiger partial charge is 0.494 e. The number of hydrogen-bond donors (Lipinski definition) is 1. The van der Waals surface area contributed by atoms with E-state index in [2.05, 4.69) is 10.5 Å². The second kappa shape index (κ2) is 11.9. The Morgan fingerprint density at radius 1 is 0.889 bits per heavy atom. The van der Waals surface area contributed by atoms with Crippen molar-refractivity contribution >= 4 is 40.5 Å². The summed E-state index contributed by atoms with van der Waals surface area (Å²) in [5.41, 5.74) is 3.36. The smallest absolute Gasteiger partial charge is 0.343 e. The van der Waals surface area contributed by atoms with Crippen molar-refractivity contribution in [2.75, 3.05) is 13.2 Å². The van der Waals surface area contributed by atoms with Crippen molar-refractivity contribution in [2.24, 2.45) is 5.10 Å². The number of nitrogens with one attached hydrogen (secondary N) is 1. The summed E-state index contributed by atoms with van der Waals surface area (Å²) in [6.45, 7) is 2.20. The predicted octanol–water partition coefficient (Wildman–Crippen LogP) is 5.64. The van der Waals surface area contributed by atoms with Crippen LogP contribution in [0.1, 0.15) is 22.8 Å². The Morgan fingerprint density at radius 3 is 2.33 bits per heavy atom. The molecule has 4 aromatic rings. The van der Waals surface area contributed by atoms with Crippen molar-refractivity contribution in [1.82, 2.24) is 5.43 Å². The molecule has 1 N–H and O–H groups in total. The number of ether oxygens (including phenoxy) is 3. The first kappa shape index (κ1) is 24.8. The van der Waals surface area contributed by atoms with E-state index >= 15 is 0 Å². The van der Waals surface area contributed by atoms with Crippen molar-refractivity contribution in [2.45, 2.75) is 6.92 Å². The summed E-state index contributed by atoms with van der Waals surface area (Å²) in [5.74, 6) is 0.514. The maximum absolute atomic E-state index is 12.8. The molecule has 0 bridgehead atoms. The number of carbonyl (C=O) groups is 2. The predicted molar refractivity (Wildman–Crippen MR) is 139 cm³/mol. The molecule has 4 aromatic carbocycles. The van der Waals surface area contributed by atoms with Gasteiger partial charge in [0.1, 0.15) is 17.2 Å². The number of hydrogen-bond acceptors (Lipinski definition) is 6. The van der Waals surface area contributed by atoms with Crippen LogP contribution in [0.2, 0.25) is 5.02 Å². The van der Waals surface area contributed by atoms with Crippen LogP contribution in [0.3, 0.4) is 0 Å². The number of fused-ring (bicyclic) bond motifs is 1. The van der Waals surface area contributed by atoms with E-state index in [4.69, 9.17) is 25.8 Å². The van der Waals surface area contributed by atoms with Crippen molar-refractivity contribution in [3.8, 4) is 17.2 Å². The van der Waals surface area contributed by atoms with E-state index in [0.29, 0.717) is 40.0 Å². The molecule has 7 nitrogen and oxygen atoms in total. The first-order valence-corrected chi connectivity index (χ1v) is 11.6. The zero-order valence-electron chi connectivity index (χ0n) is 19.4. The summed E-state index contributed by atoms with van der Waals surface area (Å²) in [5, 5.41) is 6.37. The third kappa shape index (κ3) is 6.40. The van der Waals surface area contributed by atoms with E-state index in [1.807, 2.05) is 37.3 Å². The molecule has 0 aromatic heterocycles. The van der Waals surface area contributed by atoms with Gasteiger partial charge in [-0.15, -0.1) is 0 Å². The molecule has 0 radical (unpaired) electrons. The van der Waals surface area contributed by atoms with Crippen LogP contribution < -0.4 is 19.6 Å². The van der Waals surface area contributed by atoms with Crippen LogP contribution in [-0.4, -0.2) is 31.3 Å². The first-order valence-electron chi connectivity index (χ1n) is 11.2. The summed E-state index contributed by atoms with van der Waals surface area (Å²) in [6, 6.07) is 24.5. The van der Waals surface area contributed by atoms with Gasteiger partial charge in [0, 0.05) is 10.6 Å². The van der Waals surface area contributed by atoms with Crippen LogP contribution in [-0.2, 0) is 4.79 Å². The molecule has 8 heteroatoms. The van der Waals surface area contributed by atoms with Gasteiger partial charge in [0.15, 0.2) is 6.61 Å². The monoisotopic (exact) mass is 502 g/mol.